The maximum atomic E-state index is 12.7. The van der Waals surface area contributed by atoms with Crippen molar-refractivity contribution < 1.29 is 4.79 Å². The average Bonchev–Trinajstić information content (AvgIpc) is 3.30. The minimum absolute atomic E-state index is 0.159. The first-order valence-corrected chi connectivity index (χ1v) is 9.25. The van der Waals surface area contributed by atoms with Crippen molar-refractivity contribution in [2.75, 3.05) is 13.1 Å². The Morgan fingerprint density at radius 2 is 1.77 bits per heavy atom. The zero-order chi connectivity index (χ0) is 17.9. The van der Waals surface area contributed by atoms with Gasteiger partial charge in [0.25, 0.3) is 0 Å². The molecule has 0 spiro atoms. The van der Waals surface area contributed by atoms with E-state index in [9.17, 15) is 4.79 Å². The van der Waals surface area contributed by atoms with Crippen LogP contribution in [0, 0.1) is 0 Å². The predicted molar refractivity (Wildman–Crippen MR) is 106 cm³/mol. The van der Waals surface area contributed by atoms with Crippen LogP contribution in [0.3, 0.4) is 0 Å². The molecule has 0 unspecified atom stereocenters. The third-order valence-corrected chi connectivity index (χ3v) is 4.98. The van der Waals surface area contributed by atoms with Gasteiger partial charge in [0.1, 0.15) is 12.4 Å². The Bertz CT molecular complexity index is 953. The molecule has 2 aromatic carbocycles. The molecule has 1 fully saturated rings. The molecule has 0 radical (unpaired) electrons. The maximum absolute atomic E-state index is 12.7. The van der Waals surface area contributed by atoms with Crippen LogP contribution < -0.4 is 0 Å². The number of nitrogens with zero attached hydrogens (tertiary/aromatic N) is 3. The molecule has 5 heteroatoms. The summed E-state index contributed by atoms with van der Waals surface area (Å²) in [6.45, 7) is 2.05. The smallest absolute Gasteiger partial charge is 0.242 e. The van der Waals surface area contributed by atoms with E-state index in [1.54, 1.807) is 0 Å². The quantitative estimate of drug-likeness (QED) is 0.683. The van der Waals surface area contributed by atoms with Gasteiger partial charge in [0.15, 0.2) is 0 Å². The van der Waals surface area contributed by atoms with Crippen molar-refractivity contribution in [3.8, 4) is 0 Å². The van der Waals surface area contributed by atoms with Crippen molar-refractivity contribution in [3.63, 3.8) is 0 Å². The molecule has 4 rings (SSSR count). The number of hydrogen-bond donors (Lipinski definition) is 0. The first-order chi connectivity index (χ1) is 12.7. The highest BCUT2D eigenvalue weighted by molar-refractivity contribution is 6.30. The Morgan fingerprint density at radius 3 is 2.54 bits per heavy atom. The number of carbonyl (C=O) groups excluding carboxylic acids is 1. The SMILES string of the molecule is O=C(Cn1c(/C=C/c2ccc(Cl)cc2)nc2ccccc21)N1CCCC1. The van der Waals surface area contributed by atoms with Crippen molar-refractivity contribution in [3.05, 3.63) is 64.9 Å². The van der Waals surface area contributed by atoms with Gasteiger partial charge in [-0.2, -0.15) is 0 Å². The van der Waals surface area contributed by atoms with Crippen molar-refractivity contribution >= 4 is 40.7 Å². The fourth-order valence-corrected chi connectivity index (χ4v) is 3.46. The van der Waals surface area contributed by atoms with Crippen LogP contribution in [0.15, 0.2) is 48.5 Å². The van der Waals surface area contributed by atoms with Gasteiger partial charge in [-0.15, -0.1) is 0 Å². The van der Waals surface area contributed by atoms with Gasteiger partial charge in [-0.1, -0.05) is 41.9 Å². The third-order valence-electron chi connectivity index (χ3n) is 4.73. The van der Waals surface area contributed by atoms with Crippen molar-refractivity contribution in [1.82, 2.24) is 14.5 Å². The Balaban J connectivity index is 1.66. The van der Waals surface area contributed by atoms with E-state index < -0.39 is 0 Å². The summed E-state index contributed by atoms with van der Waals surface area (Å²) in [6, 6.07) is 15.6. The number of aromatic nitrogens is 2. The molecule has 1 saturated heterocycles. The number of hydrogen-bond acceptors (Lipinski definition) is 2. The number of fused-ring (bicyclic) bond motifs is 1. The van der Waals surface area contributed by atoms with E-state index in [0.717, 1.165) is 48.4 Å². The number of halogens is 1. The van der Waals surface area contributed by atoms with Crippen LogP contribution in [-0.2, 0) is 11.3 Å². The molecule has 1 aliphatic heterocycles. The van der Waals surface area contributed by atoms with E-state index in [4.69, 9.17) is 16.6 Å². The van der Waals surface area contributed by atoms with Gasteiger partial charge in [0, 0.05) is 18.1 Å². The minimum Gasteiger partial charge on any atom is -0.341 e. The molecule has 2 heterocycles. The lowest BCUT2D eigenvalue weighted by molar-refractivity contribution is -0.130. The molecule has 1 amide bonds. The summed E-state index contributed by atoms with van der Waals surface area (Å²) in [5, 5.41) is 0.714. The van der Waals surface area contributed by atoms with Crippen LogP contribution in [0.4, 0.5) is 0 Å². The van der Waals surface area contributed by atoms with E-state index in [1.165, 1.54) is 0 Å². The van der Waals surface area contributed by atoms with Gasteiger partial charge in [0.2, 0.25) is 5.91 Å². The number of amides is 1. The van der Waals surface area contributed by atoms with Gasteiger partial charge < -0.3 is 9.47 Å². The monoisotopic (exact) mass is 365 g/mol. The van der Waals surface area contributed by atoms with E-state index in [-0.39, 0.29) is 5.91 Å². The summed E-state index contributed by atoms with van der Waals surface area (Å²) in [5.41, 5.74) is 2.92. The van der Waals surface area contributed by atoms with E-state index in [2.05, 4.69) is 0 Å². The standard InChI is InChI=1S/C21H20ClN3O/c22-17-10-7-16(8-11-17)9-12-20-23-18-5-1-2-6-19(18)25(20)15-21(26)24-13-3-4-14-24/h1-2,5-12H,3-4,13-15H2/b12-9+. The van der Waals surface area contributed by atoms with Crippen LogP contribution in [0.5, 0.6) is 0 Å². The third kappa shape index (κ3) is 3.51. The van der Waals surface area contributed by atoms with Crippen LogP contribution in [0.1, 0.15) is 24.2 Å². The van der Waals surface area contributed by atoms with Crippen LogP contribution in [0.2, 0.25) is 5.02 Å². The normalized spacial score (nSPS) is 14.6. The summed E-state index contributed by atoms with van der Waals surface area (Å²) in [6.07, 6.45) is 6.15. The van der Waals surface area contributed by atoms with E-state index in [1.807, 2.05) is 70.1 Å². The number of para-hydroxylation sites is 2. The Labute approximate surface area is 157 Å². The molecule has 1 aliphatic rings. The second kappa shape index (κ2) is 7.34. The maximum Gasteiger partial charge on any atom is 0.242 e. The summed E-state index contributed by atoms with van der Waals surface area (Å²) in [7, 11) is 0. The molecule has 0 bridgehead atoms. The molecule has 0 saturated carbocycles. The second-order valence-electron chi connectivity index (χ2n) is 6.52. The van der Waals surface area contributed by atoms with Gasteiger partial charge in [-0.25, -0.2) is 4.98 Å². The molecule has 0 aliphatic carbocycles. The highest BCUT2D eigenvalue weighted by Crippen LogP contribution is 2.20. The molecule has 132 valence electrons. The lowest BCUT2D eigenvalue weighted by Crippen LogP contribution is -2.31. The number of rotatable bonds is 4. The predicted octanol–water partition coefficient (Wildman–Crippen LogP) is 4.48. The number of likely N-dealkylation sites (tertiary alicyclic amines) is 1. The molecule has 1 aromatic heterocycles. The minimum atomic E-state index is 0.159. The van der Waals surface area contributed by atoms with Crippen LogP contribution in [0.25, 0.3) is 23.2 Å². The first kappa shape index (κ1) is 16.9. The number of benzene rings is 2. The lowest BCUT2D eigenvalue weighted by atomic mass is 10.2. The molecular formula is C21H20ClN3O. The zero-order valence-electron chi connectivity index (χ0n) is 14.4. The summed E-state index contributed by atoms with van der Waals surface area (Å²) >= 11 is 5.94. The van der Waals surface area contributed by atoms with Crippen molar-refractivity contribution in [1.29, 1.82) is 0 Å². The Morgan fingerprint density at radius 1 is 1.04 bits per heavy atom. The van der Waals surface area contributed by atoms with Crippen LogP contribution >= 0.6 is 11.6 Å². The number of carbonyl (C=O) groups is 1. The van der Waals surface area contributed by atoms with E-state index >= 15 is 0 Å². The summed E-state index contributed by atoms with van der Waals surface area (Å²) in [4.78, 5) is 19.3. The highest BCUT2D eigenvalue weighted by atomic mass is 35.5. The summed E-state index contributed by atoms with van der Waals surface area (Å²) in [5.74, 6) is 0.945. The largest absolute Gasteiger partial charge is 0.341 e. The topological polar surface area (TPSA) is 38.1 Å². The fourth-order valence-electron chi connectivity index (χ4n) is 3.33. The second-order valence-corrected chi connectivity index (χ2v) is 6.95. The van der Waals surface area contributed by atoms with Gasteiger partial charge in [0.05, 0.1) is 11.0 Å². The molecule has 0 atom stereocenters. The molecular weight excluding hydrogens is 346 g/mol. The molecule has 0 N–H and O–H groups in total. The van der Waals surface area contributed by atoms with Gasteiger partial charge >= 0.3 is 0 Å². The lowest BCUT2D eigenvalue weighted by Gasteiger charge is -2.16. The summed E-state index contributed by atoms with van der Waals surface area (Å²) < 4.78 is 2.00. The molecule has 3 aromatic rings. The Hall–Kier alpha value is -2.59. The molecule has 26 heavy (non-hydrogen) atoms. The van der Waals surface area contributed by atoms with Crippen molar-refractivity contribution in [2.45, 2.75) is 19.4 Å². The van der Waals surface area contributed by atoms with Gasteiger partial charge in [-0.05, 0) is 48.7 Å². The highest BCUT2D eigenvalue weighted by Gasteiger charge is 2.20. The van der Waals surface area contributed by atoms with Crippen molar-refractivity contribution in [2.24, 2.45) is 0 Å². The average molecular weight is 366 g/mol. The zero-order valence-corrected chi connectivity index (χ0v) is 15.2. The molecule has 4 nitrogen and oxygen atoms in total. The Kier molecular flexibility index (Phi) is 4.76. The fraction of sp³-hybridized carbons (Fsp3) is 0.238. The van der Waals surface area contributed by atoms with E-state index in [0.29, 0.717) is 11.6 Å². The first-order valence-electron chi connectivity index (χ1n) is 8.87. The van der Waals surface area contributed by atoms with Crippen LogP contribution in [-0.4, -0.2) is 33.4 Å². The number of imidazole rings is 1. The van der Waals surface area contributed by atoms with Gasteiger partial charge in [-0.3, -0.25) is 4.79 Å².